The summed E-state index contributed by atoms with van der Waals surface area (Å²) in [6.45, 7) is 1.72. The second kappa shape index (κ2) is 5.37. The van der Waals surface area contributed by atoms with Crippen molar-refractivity contribution in [3.05, 3.63) is 0 Å². The fraction of sp³-hybridized carbons (Fsp3) is 0.667. The van der Waals surface area contributed by atoms with E-state index in [2.05, 4.69) is 29.6 Å². The van der Waals surface area contributed by atoms with Gasteiger partial charge in [-0.3, -0.25) is 4.79 Å². The molecule has 0 aromatic rings. The number of thiol groups is 1. The third-order valence-corrected chi connectivity index (χ3v) is 1.19. The quantitative estimate of drug-likeness (QED) is 0.415. The molecule has 1 atom stereocenters. The molecule has 0 aliphatic heterocycles. The summed E-state index contributed by atoms with van der Waals surface area (Å²) in [6.07, 6.45) is -0.0792. The van der Waals surface area contributed by atoms with Gasteiger partial charge < -0.3 is 9.47 Å². The van der Waals surface area contributed by atoms with Crippen LogP contribution >= 0.6 is 24.8 Å². The van der Waals surface area contributed by atoms with E-state index in [0.717, 1.165) is 0 Å². The summed E-state index contributed by atoms with van der Waals surface area (Å²) in [5.74, 6) is -0.318. The molecule has 0 rings (SSSR count). The van der Waals surface area contributed by atoms with Crippen LogP contribution in [0, 0.1) is 0 Å². The molecule has 0 aliphatic carbocycles. The third-order valence-electron chi connectivity index (χ3n) is 0.984. The van der Waals surface area contributed by atoms with Crippen LogP contribution in [-0.4, -0.2) is 23.6 Å². The van der Waals surface area contributed by atoms with Gasteiger partial charge >= 0.3 is 5.97 Å². The summed E-state index contributed by atoms with van der Waals surface area (Å²) in [5, 5.41) is 0. The first kappa shape index (κ1) is 10.7. The second-order valence-corrected chi connectivity index (χ2v) is 3.05. The van der Waals surface area contributed by atoms with Gasteiger partial charge in [0.15, 0.2) is 0 Å². The largest absolute Gasteiger partial charge is 0.475 e. The Balaban J connectivity index is 3.60. The van der Waals surface area contributed by atoms with E-state index in [0.29, 0.717) is 0 Å². The molecule has 0 saturated carbocycles. The summed E-state index contributed by atoms with van der Waals surface area (Å²) >= 11 is 8.30. The van der Waals surface area contributed by atoms with E-state index in [-0.39, 0.29) is 22.9 Å². The average molecular weight is 194 g/mol. The summed E-state index contributed by atoms with van der Waals surface area (Å²) in [6, 6.07) is 0. The number of hydrogen-bond donors (Lipinski definition) is 1. The Morgan fingerprint density at radius 1 is 1.73 bits per heavy atom. The van der Waals surface area contributed by atoms with Crippen LogP contribution in [0.25, 0.3) is 0 Å². The molecule has 0 radical (unpaired) electrons. The number of thiocarbonyl (C=S) groups is 1. The molecule has 1 unspecified atom stereocenters. The molecule has 0 N–H and O–H groups in total. The lowest BCUT2D eigenvalue weighted by molar-refractivity contribution is -0.142. The lowest BCUT2D eigenvalue weighted by atomic mass is 10.3. The SMILES string of the molecule is COC(=O)CC(C)OC(=S)S. The fourth-order valence-electron chi connectivity index (χ4n) is 0.532. The van der Waals surface area contributed by atoms with Gasteiger partial charge in [0, 0.05) is 0 Å². The van der Waals surface area contributed by atoms with Gasteiger partial charge in [0.2, 0.25) is 4.38 Å². The van der Waals surface area contributed by atoms with E-state index < -0.39 is 0 Å². The first-order valence-electron chi connectivity index (χ1n) is 3.02. The average Bonchev–Trinajstić information content (AvgIpc) is 1.85. The fourth-order valence-corrected chi connectivity index (χ4v) is 0.876. The molecule has 64 valence electrons. The molecule has 0 bridgehead atoms. The van der Waals surface area contributed by atoms with Crippen LogP contribution in [0.2, 0.25) is 0 Å². The molecule has 0 aromatic carbocycles. The number of carbonyl (C=O) groups excluding carboxylic acids is 1. The number of rotatable bonds is 3. The number of carbonyl (C=O) groups is 1. The number of esters is 1. The molecule has 0 aromatic heterocycles. The second-order valence-electron chi connectivity index (χ2n) is 1.97. The first-order chi connectivity index (χ1) is 5.06. The van der Waals surface area contributed by atoms with E-state index in [9.17, 15) is 4.79 Å². The van der Waals surface area contributed by atoms with Crippen molar-refractivity contribution in [1.82, 2.24) is 0 Å². The van der Waals surface area contributed by atoms with Gasteiger partial charge in [0.1, 0.15) is 6.10 Å². The van der Waals surface area contributed by atoms with Crippen LogP contribution in [0.5, 0.6) is 0 Å². The van der Waals surface area contributed by atoms with Crippen LogP contribution in [0.3, 0.4) is 0 Å². The summed E-state index contributed by atoms with van der Waals surface area (Å²) in [7, 11) is 1.33. The van der Waals surface area contributed by atoms with E-state index in [1.165, 1.54) is 7.11 Å². The molecule has 0 fully saturated rings. The van der Waals surface area contributed by atoms with Crippen molar-refractivity contribution in [2.75, 3.05) is 7.11 Å². The topological polar surface area (TPSA) is 35.5 Å². The maximum atomic E-state index is 10.6. The summed E-state index contributed by atoms with van der Waals surface area (Å²) in [5.41, 5.74) is 0. The van der Waals surface area contributed by atoms with Gasteiger partial charge in [-0.1, -0.05) is 12.6 Å². The highest BCUT2D eigenvalue weighted by atomic mass is 32.1. The van der Waals surface area contributed by atoms with E-state index in [1.54, 1.807) is 6.92 Å². The first-order valence-corrected chi connectivity index (χ1v) is 3.88. The molecule has 5 heteroatoms. The highest BCUT2D eigenvalue weighted by Gasteiger charge is 2.09. The minimum absolute atomic E-state index is 0.140. The minimum atomic E-state index is -0.318. The van der Waals surface area contributed by atoms with Crippen molar-refractivity contribution in [2.45, 2.75) is 19.4 Å². The van der Waals surface area contributed by atoms with Gasteiger partial charge in [-0.25, -0.2) is 0 Å². The number of methoxy groups -OCH3 is 1. The zero-order valence-corrected chi connectivity index (χ0v) is 8.08. The monoisotopic (exact) mass is 194 g/mol. The standard InChI is InChI=1S/C6H10O3S2/c1-4(9-6(10)11)3-5(7)8-2/h4H,3H2,1-2H3,(H,10,11). The van der Waals surface area contributed by atoms with Crippen LogP contribution < -0.4 is 0 Å². The Kier molecular flexibility index (Phi) is 5.23. The molecular formula is C6H10O3S2. The van der Waals surface area contributed by atoms with Gasteiger partial charge in [-0.05, 0) is 19.1 Å². The van der Waals surface area contributed by atoms with Crippen molar-refractivity contribution in [2.24, 2.45) is 0 Å². The van der Waals surface area contributed by atoms with Crippen molar-refractivity contribution in [1.29, 1.82) is 0 Å². The lowest BCUT2D eigenvalue weighted by Crippen LogP contribution is -2.16. The summed E-state index contributed by atoms with van der Waals surface area (Å²) < 4.78 is 9.47. The highest BCUT2D eigenvalue weighted by molar-refractivity contribution is 8.10. The molecule has 11 heavy (non-hydrogen) atoms. The van der Waals surface area contributed by atoms with Crippen molar-refractivity contribution >= 4 is 35.2 Å². The molecule has 3 nitrogen and oxygen atoms in total. The van der Waals surface area contributed by atoms with Crippen LogP contribution in [-0.2, 0) is 14.3 Å². The highest BCUT2D eigenvalue weighted by Crippen LogP contribution is 2.01. The molecule has 0 aliphatic rings. The molecule has 0 spiro atoms. The predicted octanol–water partition coefficient (Wildman–Crippen LogP) is 1.17. The predicted molar refractivity (Wildman–Crippen MR) is 48.8 cm³/mol. The zero-order valence-electron chi connectivity index (χ0n) is 6.36. The van der Waals surface area contributed by atoms with E-state index in [4.69, 9.17) is 4.74 Å². The zero-order chi connectivity index (χ0) is 8.85. The molecule has 0 amide bonds. The molecule has 0 heterocycles. The van der Waals surface area contributed by atoms with Gasteiger partial charge in [0.25, 0.3) is 0 Å². The van der Waals surface area contributed by atoms with Crippen molar-refractivity contribution in [3.8, 4) is 0 Å². The van der Waals surface area contributed by atoms with Crippen LogP contribution in [0.1, 0.15) is 13.3 Å². The number of ether oxygens (including phenoxy) is 2. The minimum Gasteiger partial charge on any atom is -0.475 e. The Morgan fingerprint density at radius 2 is 2.27 bits per heavy atom. The van der Waals surface area contributed by atoms with Gasteiger partial charge in [-0.15, -0.1) is 0 Å². The smallest absolute Gasteiger partial charge is 0.309 e. The van der Waals surface area contributed by atoms with Crippen LogP contribution in [0.4, 0.5) is 0 Å². The van der Waals surface area contributed by atoms with Crippen molar-refractivity contribution < 1.29 is 14.3 Å². The lowest BCUT2D eigenvalue weighted by Gasteiger charge is -2.10. The number of hydrogen-bond acceptors (Lipinski definition) is 4. The van der Waals surface area contributed by atoms with Crippen molar-refractivity contribution in [3.63, 3.8) is 0 Å². The normalized spacial score (nSPS) is 11.9. The van der Waals surface area contributed by atoms with Gasteiger partial charge in [-0.2, -0.15) is 0 Å². The molecule has 0 saturated heterocycles. The molecular weight excluding hydrogens is 184 g/mol. The summed E-state index contributed by atoms with van der Waals surface area (Å²) in [4.78, 5) is 10.6. The Hall–Kier alpha value is -0.290. The Labute approximate surface area is 76.5 Å². The maximum Gasteiger partial charge on any atom is 0.309 e. The third kappa shape index (κ3) is 6.12. The van der Waals surface area contributed by atoms with Gasteiger partial charge in [0.05, 0.1) is 13.5 Å². The van der Waals surface area contributed by atoms with E-state index in [1.807, 2.05) is 0 Å². The van der Waals surface area contributed by atoms with Crippen LogP contribution in [0.15, 0.2) is 0 Å². The Morgan fingerprint density at radius 3 is 2.64 bits per heavy atom. The Bertz CT molecular complexity index is 158. The maximum absolute atomic E-state index is 10.6. The van der Waals surface area contributed by atoms with E-state index >= 15 is 0 Å².